The highest BCUT2D eigenvalue weighted by atomic mass is 35.5. The molecular weight excluding hydrogens is 422 g/mol. The van der Waals surface area contributed by atoms with Gasteiger partial charge in [-0.25, -0.2) is 8.78 Å². The Morgan fingerprint density at radius 1 is 1.16 bits per heavy atom. The molecule has 0 radical (unpaired) electrons. The number of halogens is 3. The highest BCUT2D eigenvalue weighted by molar-refractivity contribution is 6.38. The van der Waals surface area contributed by atoms with Crippen molar-refractivity contribution in [3.63, 3.8) is 0 Å². The Hall–Kier alpha value is -3.50. The zero-order chi connectivity index (χ0) is 22.1. The van der Waals surface area contributed by atoms with Gasteiger partial charge in [0.15, 0.2) is 0 Å². The van der Waals surface area contributed by atoms with E-state index in [4.69, 9.17) is 11.6 Å². The van der Waals surface area contributed by atoms with Gasteiger partial charge in [0.2, 0.25) is 5.91 Å². The van der Waals surface area contributed by atoms with Gasteiger partial charge in [-0.05, 0) is 24.3 Å². The Labute approximate surface area is 182 Å². The van der Waals surface area contributed by atoms with Crippen LogP contribution in [0.4, 0.5) is 14.5 Å². The van der Waals surface area contributed by atoms with Crippen LogP contribution in [0, 0.1) is 23.0 Å². The van der Waals surface area contributed by atoms with Crippen molar-refractivity contribution in [1.82, 2.24) is 9.88 Å². The number of carbonyl (C=O) groups excluding carboxylic acids is 1. The Morgan fingerprint density at radius 3 is 2.52 bits per heavy atom. The maximum atomic E-state index is 14.3. The van der Waals surface area contributed by atoms with E-state index in [1.54, 1.807) is 17.0 Å². The molecule has 8 heteroatoms. The van der Waals surface area contributed by atoms with E-state index in [2.05, 4.69) is 17.6 Å². The highest BCUT2D eigenvalue weighted by Crippen LogP contribution is 2.39. The number of nitrogens with zero attached hydrogens (tertiary/aromatic N) is 4. The Morgan fingerprint density at radius 2 is 1.87 bits per heavy atom. The molecule has 0 unspecified atom stereocenters. The van der Waals surface area contributed by atoms with Crippen LogP contribution < -0.4 is 4.90 Å². The standard InChI is InChI=1S/C23H17ClF2N4O/c1-2-20(31)29-7-9-30(10-8-29)23-14(12-27)13-28-22-18(23)6-5-17(21(22)24)16-4-3-15(25)11-19(16)26/h2-6,11,13H,1,7-10H2. The van der Waals surface area contributed by atoms with E-state index >= 15 is 0 Å². The SMILES string of the molecule is C=CC(=O)N1CCN(c2c(C#N)cnc3c(Cl)c(-c4ccc(F)cc4F)ccc23)CC1. The Balaban J connectivity index is 1.80. The van der Waals surface area contributed by atoms with Gasteiger partial charge in [0, 0.05) is 55.0 Å². The average Bonchev–Trinajstić information content (AvgIpc) is 2.79. The summed E-state index contributed by atoms with van der Waals surface area (Å²) in [5, 5.41) is 10.5. The second-order valence-corrected chi connectivity index (χ2v) is 7.47. The number of anilines is 1. The lowest BCUT2D eigenvalue weighted by Crippen LogP contribution is -2.48. The molecule has 1 aliphatic heterocycles. The number of benzene rings is 2. The summed E-state index contributed by atoms with van der Waals surface area (Å²) in [6.45, 7) is 5.56. The van der Waals surface area contributed by atoms with Crippen LogP contribution in [0.1, 0.15) is 5.56 Å². The number of piperazine rings is 1. The topological polar surface area (TPSA) is 60.2 Å². The Bertz CT molecular complexity index is 1250. The van der Waals surface area contributed by atoms with Crippen molar-refractivity contribution >= 4 is 34.1 Å². The molecule has 0 spiro atoms. The van der Waals surface area contributed by atoms with Gasteiger partial charge in [-0.2, -0.15) is 5.26 Å². The molecule has 0 bridgehead atoms. The fourth-order valence-electron chi connectivity index (χ4n) is 3.84. The fraction of sp³-hybridized carbons (Fsp3) is 0.174. The third-order valence-corrected chi connectivity index (χ3v) is 5.76. The first kappa shape index (κ1) is 20.8. The molecule has 2 aromatic carbocycles. The van der Waals surface area contributed by atoms with Crippen molar-refractivity contribution in [2.24, 2.45) is 0 Å². The predicted molar refractivity (Wildman–Crippen MR) is 116 cm³/mol. The largest absolute Gasteiger partial charge is 0.366 e. The minimum Gasteiger partial charge on any atom is -0.366 e. The lowest BCUT2D eigenvalue weighted by Gasteiger charge is -2.36. The number of nitriles is 1. The summed E-state index contributed by atoms with van der Waals surface area (Å²) in [7, 11) is 0. The number of pyridine rings is 1. The van der Waals surface area contributed by atoms with E-state index < -0.39 is 11.6 Å². The molecule has 31 heavy (non-hydrogen) atoms. The molecule has 1 saturated heterocycles. The van der Waals surface area contributed by atoms with Crippen molar-refractivity contribution in [2.75, 3.05) is 31.1 Å². The summed E-state index contributed by atoms with van der Waals surface area (Å²) in [6.07, 6.45) is 2.73. The van der Waals surface area contributed by atoms with E-state index in [1.807, 2.05) is 4.90 Å². The highest BCUT2D eigenvalue weighted by Gasteiger charge is 2.24. The van der Waals surface area contributed by atoms with E-state index in [1.165, 1.54) is 24.4 Å². The summed E-state index contributed by atoms with van der Waals surface area (Å²) >= 11 is 6.59. The van der Waals surface area contributed by atoms with E-state index in [9.17, 15) is 18.8 Å². The summed E-state index contributed by atoms with van der Waals surface area (Å²) in [5.41, 5.74) is 2.02. The molecule has 5 nitrogen and oxygen atoms in total. The minimum absolute atomic E-state index is 0.131. The van der Waals surface area contributed by atoms with Crippen LogP contribution >= 0.6 is 11.6 Å². The molecule has 3 aromatic rings. The maximum Gasteiger partial charge on any atom is 0.246 e. The molecule has 1 aliphatic rings. The van der Waals surface area contributed by atoms with Crippen LogP contribution in [0.5, 0.6) is 0 Å². The maximum absolute atomic E-state index is 14.3. The van der Waals surface area contributed by atoms with Gasteiger partial charge in [0.25, 0.3) is 0 Å². The van der Waals surface area contributed by atoms with Crippen LogP contribution in [-0.2, 0) is 4.79 Å². The van der Waals surface area contributed by atoms with Crippen molar-refractivity contribution in [2.45, 2.75) is 0 Å². The van der Waals surface area contributed by atoms with Crippen molar-refractivity contribution in [1.29, 1.82) is 5.26 Å². The number of hydrogen-bond acceptors (Lipinski definition) is 4. The van der Waals surface area contributed by atoms with Gasteiger partial charge in [0.05, 0.1) is 21.8 Å². The summed E-state index contributed by atoms with van der Waals surface area (Å²) < 4.78 is 27.6. The average molecular weight is 439 g/mol. The lowest BCUT2D eigenvalue weighted by molar-refractivity contribution is -0.126. The smallest absolute Gasteiger partial charge is 0.246 e. The second-order valence-electron chi connectivity index (χ2n) is 7.10. The molecule has 0 saturated carbocycles. The molecule has 1 aromatic heterocycles. The monoisotopic (exact) mass is 438 g/mol. The van der Waals surface area contributed by atoms with Crippen LogP contribution in [0.3, 0.4) is 0 Å². The van der Waals surface area contributed by atoms with E-state index in [0.717, 1.165) is 6.07 Å². The number of amides is 1. The number of fused-ring (bicyclic) bond motifs is 1. The zero-order valence-electron chi connectivity index (χ0n) is 16.4. The quantitative estimate of drug-likeness (QED) is 0.563. The molecule has 1 fully saturated rings. The normalized spacial score (nSPS) is 13.9. The summed E-state index contributed by atoms with van der Waals surface area (Å²) in [4.78, 5) is 19.9. The first-order chi connectivity index (χ1) is 14.9. The van der Waals surface area contributed by atoms with E-state index in [0.29, 0.717) is 53.9 Å². The third-order valence-electron chi connectivity index (χ3n) is 5.37. The zero-order valence-corrected chi connectivity index (χ0v) is 17.2. The van der Waals surface area contributed by atoms with Gasteiger partial charge in [0.1, 0.15) is 17.7 Å². The second kappa shape index (κ2) is 8.32. The first-order valence-corrected chi connectivity index (χ1v) is 9.95. The van der Waals surface area contributed by atoms with E-state index in [-0.39, 0.29) is 16.5 Å². The molecule has 0 N–H and O–H groups in total. The van der Waals surface area contributed by atoms with Crippen molar-refractivity contribution in [3.8, 4) is 17.2 Å². The predicted octanol–water partition coefficient (Wildman–Crippen LogP) is 4.54. The minimum atomic E-state index is -0.724. The molecule has 2 heterocycles. The van der Waals surface area contributed by atoms with Gasteiger partial charge in [-0.1, -0.05) is 24.2 Å². The number of aromatic nitrogens is 1. The van der Waals surface area contributed by atoms with Crippen molar-refractivity contribution < 1.29 is 13.6 Å². The lowest BCUT2D eigenvalue weighted by atomic mass is 10.0. The number of carbonyl (C=O) groups is 1. The van der Waals surface area contributed by atoms with Crippen molar-refractivity contribution in [3.05, 3.63) is 71.4 Å². The summed E-state index contributed by atoms with van der Waals surface area (Å²) in [5.74, 6) is -1.53. The van der Waals surface area contributed by atoms with Gasteiger partial charge < -0.3 is 9.80 Å². The first-order valence-electron chi connectivity index (χ1n) is 9.57. The fourth-order valence-corrected chi connectivity index (χ4v) is 4.15. The van der Waals surface area contributed by atoms with Gasteiger partial charge >= 0.3 is 0 Å². The van der Waals surface area contributed by atoms with Crippen LogP contribution in [0.2, 0.25) is 5.02 Å². The number of hydrogen-bond donors (Lipinski definition) is 0. The summed E-state index contributed by atoms with van der Waals surface area (Å²) in [6, 6.07) is 8.85. The van der Waals surface area contributed by atoms with Gasteiger partial charge in [-0.3, -0.25) is 9.78 Å². The number of rotatable bonds is 3. The third kappa shape index (κ3) is 3.71. The molecular formula is C23H17ClF2N4O. The van der Waals surface area contributed by atoms with Crippen LogP contribution in [0.15, 0.2) is 49.2 Å². The molecule has 0 aliphatic carbocycles. The Kier molecular flexibility index (Phi) is 5.57. The van der Waals surface area contributed by atoms with Crippen LogP contribution in [-0.4, -0.2) is 42.0 Å². The molecule has 0 atom stereocenters. The molecule has 4 rings (SSSR count). The van der Waals surface area contributed by atoms with Crippen LogP contribution in [0.25, 0.3) is 22.0 Å². The molecule has 156 valence electrons. The van der Waals surface area contributed by atoms with Gasteiger partial charge in [-0.15, -0.1) is 0 Å². The molecule has 1 amide bonds.